The predicted octanol–water partition coefficient (Wildman–Crippen LogP) is 1.77. The van der Waals surface area contributed by atoms with Crippen LogP contribution >= 0.6 is 0 Å². The summed E-state index contributed by atoms with van der Waals surface area (Å²) in [7, 11) is -2.49. The van der Waals surface area contributed by atoms with Gasteiger partial charge in [-0.05, 0) is 30.2 Å². The van der Waals surface area contributed by atoms with Gasteiger partial charge in [0.25, 0.3) is 10.2 Å². The molecule has 0 saturated carbocycles. The molecule has 136 valence electrons. The fourth-order valence-corrected chi connectivity index (χ4v) is 3.39. The van der Waals surface area contributed by atoms with Crippen molar-refractivity contribution in [3.8, 4) is 0 Å². The first-order valence-corrected chi connectivity index (χ1v) is 9.58. The first-order valence-electron chi connectivity index (χ1n) is 8.10. The maximum Gasteiger partial charge on any atom is 0.277 e. The van der Waals surface area contributed by atoms with E-state index in [1.165, 1.54) is 7.05 Å². The summed E-state index contributed by atoms with van der Waals surface area (Å²) in [5.41, 5.74) is 2.39. The first kappa shape index (κ1) is 18.1. The van der Waals surface area contributed by atoms with E-state index in [2.05, 4.69) is 19.7 Å². The Bertz CT molecular complexity index is 999. The average molecular weight is 372 g/mol. The van der Waals surface area contributed by atoms with Gasteiger partial charge in [-0.2, -0.15) is 13.1 Å². The lowest BCUT2D eigenvalue weighted by atomic mass is 10.0. The summed E-state index contributed by atoms with van der Waals surface area (Å²) < 4.78 is 28.5. The fraction of sp³-hybridized carbons (Fsp3) is 0.167. The van der Waals surface area contributed by atoms with E-state index in [4.69, 9.17) is 0 Å². The number of amides is 1. The van der Waals surface area contributed by atoms with Gasteiger partial charge < -0.3 is 10.3 Å². The summed E-state index contributed by atoms with van der Waals surface area (Å²) in [6, 6.07) is 15.6. The number of nitrogens with one attached hydrogen (secondary N) is 4. The van der Waals surface area contributed by atoms with Crippen molar-refractivity contribution >= 4 is 32.7 Å². The van der Waals surface area contributed by atoms with Gasteiger partial charge in [0.15, 0.2) is 0 Å². The van der Waals surface area contributed by atoms with E-state index in [9.17, 15) is 13.2 Å². The normalized spacial score (nSPS) is 12.8. The predicted molar refractivity (Wildman–Crippen MR) is 102 cm³/mol. The molecule has 3 aromatic rings. The summed E-state index contributed by atoms with van der Waals surface area (Å²) in [6.45, 7) is 0. The Morgan fingerprint density at radius 2 is 1.77 bits per heavy atom. The zero-order valence-corrected chi connectivity index (χ0v) is 15.0. The zero-order chi connectivity index (χ0) is 18.6. The topological polar surface area (TPSA) is 103 Å². The number of carbonyl (C=O) groups is 1. The maximum atomic E-state index is 12.7. The summed E-state index contributed by atoms with van der Waals surface area (Å²) >= 11 is 0. The Hall–Kier alpha value is -2.68. The molecule has 0 aliphatic carbocycles. The Balaban J connectivity index is 1.86. The molecule has 0 saturated heterocycles. The van der Waals surface area contributed by atoms with Crippen LogP contribution in [-0.2, 0) is 21.4 Å². The van der Waals surface area contributed by atoms with E-state index in [-0.39, 0.29) is 6.42 Å². The SMILES string of the molecule is CNS(=O)(=O)NC(Cc1c[nH]c2ccccc12)C(=O)Nc1ccccc1. The molecule has 7 nitrogen and oxygen atoms in total. The third-order valence-corrected chi connectivity index (χ3v) is 5.16. The molecule has 1 atom stereocenters. The number of aromatic nitrogens is 1. The number of fused-ring (bicyclic) bond motifs is 1. The molecule has 0 radical (unpaired) electrons. The number of hydrogen-bond donors (Lipinski definition) is 4. The van der Waals surface area contributed by atoms with Gasteiger partial charge in [-0.3, -0.25) is 4.79 Å². The Morgan fingerprint density at radius 3 is 2.50 bits per heavy atom. The van der Waals surface area contributed by atoms with Crippen LogP contribution in [0, 0.1) is 0 Å². The number of rotatable bonds is 7. The molecule has 1 amide bonds. The molecule has 3 rings (SSSR count). The van der Waals surface area contributed by atoms with Crippen LogP contribution in [0.4, 0.5) is 5.69 Å². The number of aromatic amines is 1. The second kappa shape index (κ2) is 7.69. The number of hydrogen-bond acceptors (Lipinski definition) is 3. The highest BCUT2D eigenvalue weighted by molar-refractivity contribution is 7.87. The lowest BCUT2D eigenvalue weighted by Gasteiger charge is -2.18. The minimum atomic E-state index is -3.78. The van der Waals surface area contributed by atoms with Crippen molar-refractivity contribution in [2.45, 2.75) is 12.5 Å². The Labute approximate surface area is 152 Å². The van der Waals surface area contributed by atoms with E-state index < -0.39 is 22.2 Å². The van der Waals surface area contributed by atoms with Crippen molar-refractivity contribution < 1.29 is 13.2 Å². The number of benzene rings is 2. The van der Waals surface area contributed by atoms with Crippen molar-refractivity contribution in [3.05, 3.63) is 66.4 Å². The summed E-state index contributed by atoms with van der Waals surface area (Å²) in [5.74, 6) is -0.430. The molecule has 0 aliphatic rings. The molecule has 26 heavy (non-hydrogen) atoms. The highest BCUT2D eigenvalue weighted by Gasteiger charge is 2.25. The fourth-order valence-electron chi connectivity index (χ4n) is 2.71. The standard InChI is InChI=1S/C18H20N4O3S/c1-19-26(24,25)22-17(18(23)21-14-7-3-2-4-8-14)11-13-12-20-16-10-6-5-9-15(13)16/h2-10,12,17,19-20,22H,11H2,1H3,(H,21,23). The van der Waals surface area contributed by atoms with Crippen molar-refractivity contribution in [2.75, 3.05) is 12.4 Å². The molecule has 0 spiro atoms. The Morgan fingerprint density at radius 1 is 1.08 bits per heavy atom. The Kier molecular flexibility index (Phi) is 5.36. The number of carbonyl (C=O) groups excluding carboxylic acids is 1. The summed E-state index contributed by atoms with van der Waals surface area (Å²) in [4.78, 5) is 15.8. The van der Waals surface area contributed by atoms with E-state index >= 15 is 0 Å². The van der Waals surface area contributed by atoms with Gasteiger partial charge in [0.05, 0.1) is 0 Å². The number of anilines is 1. The van der Waals surface area contributed by atoms with Gasteiger partial charge in [-0.25, -0.2) is 4.72 Å². The van der Waals surface area contributed by atoms with E-state index in [1.807, 2.05) is 30.3 Å². The molecule has 0 fully saturated rings. The van der Waals surface area contributed by atoms with Crippen LogP contribution in [0.2, 0.25) is 0 Å². The molecule has 1 aromatic heterocycles. The van der Waals surface area contributed by atoms with Crippen LogP contribution in [0.1, 0.15) is 5.56 Å². The van der Waals surface area contributed by atoms with Crippen molar-refractivity contribution in [3.63, 3.8) is 0 Å². The number of para-hydroxylation sites is 2. The molecule has 1 unspecified atom stereocenters. The molecule has 0 bridgehead atoms. The van der Waals surface area contributed by atoms with Crippen molar-refractivity contribution in [2.24, 2.45) is 0 Å². The van der Waals surface area contributed by atoms with Gasteiger partial charge in [-0.1, -0.05) is 36.4 Å². The lowest BCUT2D eigenvalue weighted by Crippen LogP contribution is -2.48. The minimum absolute atomic E-state index is 0.212. The van der Waals surface area contributed by atoms with Gasteiger partial charge in [0.1, 0.15) is 6.04 Å². The second-order valence-corrected chi connectivity index (χ2v) is 7.45. The first-order chi connectivity index (χ1) is 12.5. The van der Waals surface area contributed by atoms with Gasteiger partial charge >= 0.3 is 0 Å². The van der Waals surface area contributed by atoms with Crippen LogP contribution in [0.3, 0.4) is 0 Å². The molecule has 1 heterocycles. The molecular formula is C18H20N4O3S. The average Bonchev–Trinajstić information content (AvgIpc) is 3.05. The molecule has 4 N–H and O–H groups in total. The van der Waals surface area contributed by atoms with Crippen LogP contribution in [0.15, 0.2) is 60.8 Å². The largest absolute Gasteiger partial charge is 0.361 e. The summed E-state index contributed by atoms with van der Waals surface area (Å²) in [5, 5.41) is 3.70. The molecule has 0 aliphatic heterocycles. The highest BCUT2D eigenvalue weighted by atomic mass is 32.2. The third-order valence-electron chi connectivity index (χ3n) is 4.02. The van der Waals surface area contributed by atoms with E-state index in [1.54, 1.807) is 30.5 Å². The van der Waals surface area contributed by atoms with E-state index in [0.29, 0.717) is 5.69 Å². The molecule has 8 heteroatoms. The summed E-state index contributed by atoms with van der Waals surface area (Å²) in [6.07, 6.45) is 2.00. The minimum Gasteiger partial charge on any atom is -0.361 e. The van der Waals surface area contributed by atoms with Crippen molar-refractivity contribution in [1.82, 2.24) is 14.4 Å². The van der Waals surface area contributed by atoms with Gasteiger partial charge in [0.2, 0.25) is 5.91 Å². The van der Waals surface area contributed by atoms with Gasteiger partial charge in [0, 0.05) is 29.8 Å². The monoisotopic (exact) mass is 372 g/mol. The second-order valence-electron chi connectivity index (χ2n) is 5.80. The van der Waals surface area contributed by atoms with Crippen LogP contribution < -0.4 is 14.8 Å². The van der Waals surface area contributed by atoms with Crippen LogP contribution in [-0.4, -0.2) is 32.4 Å². The van der Waals surface area contributed by atoms with Crippen LogP contribution in [0.25, 0.3) is 10.9 Å². The number of H-pyrrole nitrogens is 1. The van der Waals surface area contributed by atoms with Crippen LogP contribution in [0.5, 0.6) is 0 Å². The quantitative estimate of drug-likeness (QED) is 0.508. The van der Waals surface area contributed by atoms with Gasteiger partial charge in [-0.15, -0.1) is 0 Å². The zero-order valence-electron chi connectivity index (χ0n) is 14.2. The lowest BCUT2D eigenvalue weighted by molar-refractivity contribution is -0.117. The van der Waals surface area contributed by atoms with Crippen molar-refractivity contribution in [1.29, 1.82) is 0 Å². The molecular weight excluding hydrogens is 352 g/mol. The smallest absolute Gasteiger partial charge is 0.277 e. The molecule has 2 aromatic carbocycles. The third kappa shape index (κ3) is 4.29. The van der Waals surface area contributed by atoms with E-state index in [0.717, 1.165) is 16.5 Å². The maximum absolute atomic E-state index is 12.7. The highest BCUT2D eigenvalue weighted by Crippen LogP contribution is 2.19.